The van der Waals surface area contributed by atoms with Gasteiger partial charge in [-0.1, -0.05) is 13.0 Å². The first-order valence-corrected chi connectivity index (χ1v) is 8.16. The molecule has 2 aliphatic rings. The lowest BCUT2D eigenvalue weighted by Crippen LogP contribution is -2.40. The Morgan fingerprint density at radius 1 is 1.30 bits per heavy atom. The van der Waals surface area contributed by atoms with E-state index in [-0.39, 0.29) is 6.29 Å². The molecule has 0 aromatic heterocycles. The number of hydrogen-bond donors (Lipinski definition) is 0. The smallest absolute Gasteiger partial charge is 0.464 e. The fourth-order valence-electron chi connectivity index (χ4n) is 3.16. The Bertz CT molecular complexity index is 590. The first kappa shape index (κ1) is 16.1. The highest BCUT2D eigenvalue weighted by Crippen LogP contribution is 2.45. The first-order chi connectivity index (χ1) is 10.8. The molecule has 0 N–H and O–H groups in total. The van der Waals surface area contributed by atoms with E-state index in [1.807, 2.05) is 6.07 Å². The van der Waals surface area contributed by atoms with Crippen LogP contribution in [0.4, 0.5) is 4.79 Å². The summed E-state index contributed by atoms with van der Waals surface area (Å²) in [5, 5.41) is 0. The van der Waals surface area contributed by atoms with Gasteiger partial charge in [-0.15, -0.1) is 0 Å². The standard InChI is InChI=1S/C18H24O5/c1-11-13-8-7-12(21-17(19)23-18(2,3)4)10-15(13)22-16-14(11)6-5-9-20-16/h7-8,10-11,14,16H,5-6,9H2,1-4H3/t11-,14-,16+/m0/s1. The third-order valence-electron chi connectivity index (χ3n) is 4.27. The van der Waals surface area contributed by atoms with Crippen molar-refractivity contribution < 1.29 is 23.7 Å². The fourth-order valence-corrected chi connectivity index (χ4v) is 3.16. The topological polar surface area (TPSA) is 54.0 Å². The summed E-state index contributed by atoms with van der Waals surface area (Å²) < 4.78 is 22.1. The largest absolute Gasteiger partial charge is 0.514 e. The number of hydrogen-bond acceptors (Lipinski definition) is 5. The summed E-state index contributed by atoms with van der Waals surface area (Å²) in [5.74, 6) is 1.88. The lowest BCUT2D eigenvalue weighted by molar-refractivity contribution is -0.155. The maximum atomic E-state index is 11.8. The molecule has 0 unspecified atom stereocenters. The molecule has 0 amide bonds. The summed E-state index contributed by atoms with van der Waals surface area (Å²) in [5.41, 5.74) is 0.549. The Morgan fingerprint density at radius 3 is 2.83 bits per heavy atom. The van der Waals surface area contributed by atoms with Gasteiger partial charge in [0.05, 0.1) is 6.61 Å². The molecule has 1 fully saturated rings. The number of fused-ring (bicyclic) bond motifs is 2. The third kappa shape index (κ3) is 3.61. The van der Waals surface area contributed by atoms with Crippen LogP contribution in [0.5, 0.6) is 11.5 Å². The van der Waals surface area contributed by atoms with Crippen LogP contribution in [0.25, 0.3) is 0 Å². The van der Waals surface area contributed by atoms with E-state index in [4.69, 9.17) is 18.9 Å². The molecule has 23 heavy (non-hydrogen) atoms. The summed E-state index contributed by atoms with van der Waals surface area (Å²) in [6.45, 7) is 8.32. The quantitative estimate of drug-likeness (QED) is 0.572. The van der Waals surface area contributed by atoms with Crippen molar-refractivity contribution in [2.24, 2.45) is 5.92 Å². The molecule has 2 aliphatic heterocycles. The summed E-state index contributed by atoms with van der Waals surface area (Å²) in [7, 11) is 0. The minimum Gasteiger partial charge on any atom is -0.464 e. The van der Waals surface area contributed by atoms with Crippen LogP contribution in [-0.4, -0.2) is 24.7 Å². The molecular weight excluding hydrogens is 296 g/mol. The number of carbonyl (C=O) groups excluding carboxylic acids is 1. The zero-order valence-corrected chi connectivity index (χ0v) is 14.1. The molecule has 0 saturated carbocycles. The first-order valence-electron chi connectivity index (χ1n) is 8.16. The van der Waals surface area contributed by atoms with Gasteiger partial charge in [-0.05, 0) is 51.2 Å². The van der Waals surface area contributed by atoms with E-state index >= 15 is 0 Å². The van der Waals surface area contributed by atoms with E-state index in [1.165, 1.54) is 0 Å². The molecule has 1 saturated heterocycles. The predicted octanol–water partition coefficient (Wildman–Crippen LogP) is 4.25. The van der Waals surface area contributed by atoms with Gasteiger partial charge < -0.3 is 18.9 Å². The van der Waals surface area contributed by atoms with Crippen molar-refractivity contribution in [2.45, 2.75) is 58.3 Å². The van der Waals surface area contributed by atoms with Crippen molar-refractivity contribution in [3.05, 3.63) is 23.8 Å². The van der Waals surface area contributed by atoms with Crippen LogP contribution < -0.4 is 9.47 Å². The molecule has 3 atom stereocenters. The van der Waals surface area contributed by atoms with Gasteiger partial charge in [0.1, 0.15) is 17.1 Å². The molecule has 5 nitrogen and oxygen atoms in total. The van der Waals surface area contributed by atoms with Gasteiger partial charge in [-0.2, -0.15) is 0 Å². The predicted molar refractivity (Wildman–Crippen MR) is 84.8 cm³/mol. The summed E-state index contributed by atoms with van der Waals surface area (Å²) >= 11 is 0. The average Bonchev–Trinajstić information content (AvgIpc) is 2.45. The number of benzene rings is 1. The number of carbonyl (C=O) groups is 1. The fraction of sp³-hybridized carbons (Fsp3) is 0.611. The normalized spacial score (nSPS) is 26.5. The van der Waals surface area contributed by atoms with Crippen LogP contribution >= 0.6 is 0 Å². The Morgan fingerprint density at radius 2 is 2.09 bits per heavy atom. The maximum Gasteiger partial charge on any atom is 0.514 e. The molecule has 2 heterocycles. The molecule has 126 valence electrons. The van der Waals surface area contributed by atoms with Crippen molar-refractivity contribution in [1.82, 2.24) is 0 Å². The van der Waals surface area contributed by atoms with Crippen LogP contribution in [0.15, 0.2) is 18.2 Å². The van der Waals surface area contributed by atoms with Crippen molar-refractivity contribution in [2.75, 3.05) is 6.61 Å². The van der Waals surface area contributed by atoms with E-state index in [9.17, 15) is 4.79 Å². The van der Waals surface area contributed by atoms with Crippen molar-refractivity contribution >= 4 is 6.16 Å². The van der Waals surface area contributed by atoms with Gasteiger partial charge >= 0.3 is 6.16 Å². The lowest BCUT2D eigenvalue weighted by Gasteiger charge is -2.40. The number of ether oxygens (including phenoxy) is 4. The van der Waals surface area contributed by atoms with Gasteiger partial charge in [-0.25, -0.2) is 4.79 Å². The van der Waals surface area contributed by atoms with Crippen LogP contribution in [0.2, 0.25) is 0 Å². The lowest BCUT2D eigenvalue weighted by atomic mass is 9.81. The highest BCUT2D eigenvalue weighted by atomic mass is 16.7. The molecule has 1 aromatic carbocycles. The molecule has 3 rings (SSSR count). The Labute approximate surface area is 136 Å². The van der Waals surface area contributed by atoms with Gasteiger partial charge in [0.2, 0.25) is 6.29 Å². The molecule has 5 heteroatoms. The zero-order chi connectivity index (χ0) is 16.6. The third-order valence-corrected chi connectivity index (χ3v) is 4.27. The van der Waals surface area contributed by atoms with E-state index in [0.29, 0.717) is 17.6 Å². The second-order valence-electron chi connectivity index (χ2n) is 7.22. The van der Waals surface area contributed by atoms with Crippen LogP contribution in [0.3, 0.4) is 0 Å². The Hall–Kier alpha value is -1.75. The van der Waals surface area contributed by atoms with E-state index in [0.717, 1.165) is 30.8 Å². The van der Waals surface area contributed by atoms with Crippen molar-refractivity contribution in [1.29, 1.82) is 0 Å². The minimum absolute atomic E-state index is 0.206. The Balaban J connectivity index is 1.76. The minimum atomic E-state index is -0.715. The second-order valence-corrected chi connectivity index (χ2v) is 7.22. The molecule has 0 radical (unpaired) electrons. The zero-order valence-electron chi connectivity index (χ0n) is 14.1. The van der Waals surface area contributed by atoms with Gasteiger partial charge in [0, 0.05) is 12.0 Å². The maximum absolute atomic E-state index is 11.8. The van der Waals surface area contributed by atoms with Crippen LogP contribution in [0, 0.1) is 5.92 Å². The molecule has 0 aliphatic carbocycles. The summed E-state index contributed by atoms with van der Waals surface area (Å²) in [4.78, 5) is 11.8. The van der Waals surface area contributed by atoms with E-state index in [2.05, 4.69) is 6.92 Å². The van der Waals surface area contributed by atoms with Gasteiger partial charge in [0.25, 0.3) is 0 Å². The highest BCUT2D eigenvalue weighted by Gasteiger charge is 2.38. The molecule has 1 aromatic rings. The Kier molecular flexibility index (Phi) is 4.23. The van der Waals surface area contributed by atoms with Gasteiger partial charge in [0.15, 0.2) is 0 Å². The monoisotopic (exact) mass is 320 g/mol. The van der Waals surface area contributed by atoms with Crippen molar-refractivity contribution in [3.63, 3.8) is 0 Å². The molecule has 0 bridgehead atoms. The summed E-state index contributed by atoms with van der Waals surface area (Å²) in [6, 6.07) is 5.49. The van der Waals surface area contributed by atoms with Crippen molar-refractivity contribution in [3.8, 4) is 11.5 Å². The average molecular weight is 320 g/mol. The summed E-state index contributed by atoms with van der Waals surface area (Å²) in [6.07, 6.45) is 1.27. The SMILES string of the molecule is C[C@H]1c2ccc(OC(=O)OC(C)(C)C)cc2O[C@H]2OCCC[C@H]21. The highest BCUT2D eigenvalue weighted by molar-refractivity contribution is 5.65. The van der Waals surface area contributed by atoms with Crippen LogP contribution in [-0.2, 0) is 9.47 Å². The molecule has 0 spiro atoms. The van der Waals surface area contributed by atoms with Crippen LogP contribution in [0.1, 0.15) is 52.0 Å². The second kappa shape index (κ2) is 6.04. The van der Waals surface area contributed by atoms with E-state index < -0.39 is 11.8 Å². The van der Waals surface area contributed by atoms with E-state index in [1.54, 1.807) is 32.9 Å². The van der Waals surface area contributed by atoms with Gasteiger partial charge in [-0.3, -0.25) is 0 Å². The molecular formula is C18H24O5. The number of rotatable bonds is 1.